The standard InChI is InChI=1S/C22H29FN10O2/c1-5-18(34)25-16-11-31(10-15(16)23)22-27-19(20-24-8-13(2)33(20)29-22)26-17-12-32(28-21(17)35-4)14-6-7-30(3)9-14/h5,8,12,14-16H,1,6-7,9-11H2,2-4H3,(H,25,34)(H,26,27,29)/t14-,15-,16-/m0/s1. The van der Waals surface area contributed by atoms with Crippen LogP contribution in [0.2, 0.25) is 0 Å². The summed E-state index contributed by atoms with van der Waals surface area (Å²) in [4.78, 5) is 24.8. The summed E-state index contributed by atoms with van der Waals surface area (Å²) in [6, 6.07) is -0.421. The lowest BCUT2D eigenvalue weighted by Gasteiger charge is -2.17. The molecular weight excluding hydrogens is 455 g/mol. The van der Waals surface area contributed by atoms with Gasteiger partial charge in [0, 0.05) is 13.1 Å². The first-order valence-corrected chi connectivity index (χ1v) is 11.5. The number of ether oxygens (including phenoxy) is 1. The van der Waals surface area contributed by atoms with Gasteiger partial charge in [-0.1, -0.05) is 6.58 Å². The largest absolute Gasteiger partial charge is 0.478 e. The maximum atomic E-state index is 14.7. The van der Waals surface area contributed by atoms with Crippen molar-refractivity contribution in [3.63, 3.8) is 0 Å². The summed E-state index contributed by atoms with van der Waals surface area (Å²) in [6.07, 6.45) is 4.48. The normalized spacial score (nSPS) is 22.6. The number of rotatable bonds is 7. The van der Waals surface area contributed by atoms with Gasteiger partial charge >= 0.3 is 0 Å². The molecule has 0 unspecified atom stereocenters. The maximum Gasteiger partial charge on any atom is 0.256 e. The van der Waals surface area contributed by atoms with Crippen molar-refractivity contribution in [2.24, 2.45) is 0 Å². The second-order valence-electron chi connectivity index (χ2n) is 9.00. The predicted octanol–water partition coefficient (Wildman–Crippen LogP) is 1.09. The van der Waals surface area contributed by atoms with Crippen LogP contribution in [0.4, 0.5) is 21.8 Å². The van der Waals surface area contributed by atoms with E-state index in [0.717, 1.165) is 31.3 Å². The number of anilines is 3. The molecular formula is C22H29FN10O2. The summed E-state index contributed by atoms with van der Waals surface area (Å²) in [5, 5.41) is 15.1. The molecule has 0 aromatic carbocycles. The lowest BCUT2D eigenvalue weighted by molar-refractivity contribution is -0.117. The van der Waals surface area contributed by atoms with Gasteiger partial charge in [-0.15, -0.1) is 10.2 Å². The Morgan fingerprint density at radius 2 is 2.14 bits per heavy atom. The van der Waals surface area contributed by atoms with Crippen LogP contribution < -0.4 is 20.3 Å². The highest BCUT2D eigenvalue weighted by Crippen LogP contribution is 2.31. The van der Waals surface area contributed by atoms with Gasteiger partial charge in [-0.3, -0.25) is 9.48 Å². The van der Waals surface area contributed by atoms with Crippen LogP contribution in [0.25, 0.3) is 5.65 Å². The molecule has 0 aliphatic carbocycles. The second-order valence-corrected chi connectivity index (χ2v) is 9.00. The third-order valence-electron chi connectivity index (χ3n) is 6.45. The highest BCUT2D eigenvalue weighted by molar-refractivity contribution is 5.87. The monoisotopic (exact) mass is 484 g/mol. The number of likely N-dealkylation sites (N-methyl/N-ethyl adjacent to an activating group) is 1. The fourth-order valence-electron chi connectivity index (χ4n) is 4.56. The van der Waals surface area contributed by atoms with Gasteiger partial charge in [0.2, 0.25) is 11.9 Å². The minimum atomic E-state index is -1.26. The van der Waals surface area contributed by atoms with Crippen LogP contribution in [-0.4, -0.2) is 92.7 Å². The molecule has 0 saturated carbocycles. The number of nitrogens with one attached hydrogen (secondary N) is 2. The molecule has 2 aliphatic rings. The van der Waals surface area contributed by atoms with Gasteiger partial charge < -0.3 is 25.2 Å². The topological polar surface area (TPSA) is 118 Å². The smallest absolute Gasteiger partial charge is 0.256 e. The second kappa shape index (κ2) is 9.13. The molecule has 2 aliphatic heterocycles. The SMILES string of the molecule is C=CC(=O)N[C@H]1CN(c2nc(Nc3cn([C@H]4CCN(C)C4)nc3OC)c3ncc(C)n3n2)C[C@@H]1F. The summed E-state index contributed by atoms with van der Waals surface area (Å²) in [6.45, 7) is 7.52. The summed E-state index contributed by atoms with van der Waals surface area (Å²) in [5.74, 6) is 0.793. The Bertz CT molecular complexity index is 1260. The number of amides is 1. The number of aryl methyl sites for hydroxylation is 1. The fourth-order valence-corrected chi connectivity index (χ4v) is 4.56. The van der Waals surface area contributed by atoms with E-state index in [1.165, 1.54) is 0 Å². The Morgan fingerprint density at radius 1 is 1.31 bits per heavy atom. The average Bonchev–Trinajstić information content (AvgIpc) is 3.62. The van der Waals surface area contributed by atoms with Crippen molar-refractivity contribution < 1.29 is 13.9 Å². The van der Waals surface area contributed by atoms with Gasteiger partial charge in [0.1, 0.15) is 11.9 Å². The van der Waals surface area contributed by atoms with Crippen molar-refractivity contribution in [3.8, 4) is 5.88 Å². The highest BCUT2D eigenvalue weighted by atomic mass is 19.1. The number of hydrogen-bond acceptors (Lipinski definition) is 9. The van der Waals surface area contributed by atoms with E-state index in [9.17, 15) is 9.18 Å². The molecule has 0 bridgehead atoms. The van der Waals surface area contributed by atoms with Crippen molar-refractivity contribution in [3.05, 3.63) is 30.7 Å². The van der Waals surface area contributed by atoms with Crippen LogP contribution in [0.5, 0.6) is 5.88 Å². The molecule has 186 valence electrons. The third-order valence-corrected chi connectivity index (χ3v) is 6.45. The van der Waals surface area contributed by atoms with E-state index in [-0.39, 0.29) is 19.1 Å². The Balaban J connectivity index is 1.46. The molecule has 13 heteroatoms. The number of hydrogen-bond donors (Lipinski definition) is 2. The zero-order valence-corrected chi connectivity index (χ0v) is 20.0. The van der Waals surface area contributed by atoms with E-state index >= 15 is 0 Å². The first kappa shape index (κ1) is 23.0. The van der Waals surface area contributed by atoms with Gasteiger partial charge in [0.25, 0.3) is 5.88 Å². The molecule has 0 radical (unpaired) electrons. The van der Waals surface area contributed by atoms with Crippen LogP contribution >= 0.6 is 0 Å². The van der Waals surface area contributed by atoms with Crippen LogP contribution in [0.3, 0.4) is 0 Å². The van der Waals surface area contributed by atoms with Crippen LogP contribution in [-0.2, 0) is 4.79 Å². The minimum Gasteiger partial charge on any atom is -0.478 e. The first-order valence-electron chi connectivity index (χ1n) is 11.5. The number of imidazole rings is 1. The molecule has 2 fully saturated rings. The number of fused-ring (bicyclic) bond motifs is 1. The number of nitrogens with zero attached hydrogens (tertiary/aromatic N) is 8. The van der Waals surface area contributed by atoms with E-state index in [0.29, 0.717) is 29.0 Å². The maximum absolute atomic E-state index is 14.7. The van der Waals surface area contributed by atoms with Crippen LogP contribution in [0.15, 0.2) is 25.0 Å². The Labute approximate surface area is 201 Å². The lowest BCUT2D eigenvalue weighted by atomic mass is 10.2. The first-order chi connectivity index (χ1) is 16.9. The quantitative estimate of drug-likeness (QED) is 0.475. The number of carbonyl (C=O) groups excluding carboxylic acids is 1. The van der Waals surface area contributed by atoms with Gasteiger partial charge in [-0.2, -0.15) is 4.98 Å². The molecule has 1 amide bonds. The number of aromatic nitrogens is 6. The van der Waals surface area contributed by atoms with Crippen molar-refractivity contribution in [2.45, 2.75) is 31.6 Å². The molecule has 2 saturated heterocycles. The molecule has 5 rings (SSSR count). The molecule has 3 aromatic heterocycles. The lowest BCUT2D eigenvalue weighted by Crippen LogP contribution is -2.40. The summed E-state index contributed by atoms with van der Waals surface area (Å²) in [5.41, 5.74) is 1.97. The van der Waals surface area contributed by atoms with Gasteiger partial charge in [-0.25, -0.2) is 13.9 Å². The number of methoxy groups -OCH3 is 1. The van der Waals surface area contributed by atoms with Gasteiger partial charge in [-0.05, 0) is 33.0 Å². The number of alkyl halides is 1. The van der Waals surface area contributed by atoms with Crippen LogP contribution in [0, 0.1) is 6.92 Å². The van der Waals surface area contributed by atoms with E-state index < -0.39 is 18.1 Å². The zero-order chi connectivity index (χ0) is 24.7. The molecule has 3 atom stereocenters. The Kier molecular flexibility index (Phi) is 6.01. The predicted molar refractivity (Wildman–Crippen MR) is 128 cm³/mol. The molecule has 2 N–H and O–H groups in total. The zero-order valence-electron chi connectivity index (χ0n) is 20.0. The molecule has 35 heavy (non-hydrogen) atoms. The molecule has 12 nitrogen and oxygen atoms in total. The minimum absolute atomic E-state index is 0.0528. The molecule has 5 heterocycles. The van der Waals surface area contributed by atoms with E-state index in [1.54, 1.807) is 22.7 Å². The number of halogens is 1. The van der Waals surface area contributed by atoms with Crippen molar-refractivity contribution in [2.75, 3.05) is 50.6 Å². The van der Waals surface area contributed by atoms with Crippen molar-refractivity contribution in [1.29, 1.82) is 0 Å². The fraction of sp³-hybridized carbons (Fsp3) is 0.500. The van der Waals surface area contributed by atoms with E-state index in [4.69, 9.17) is 4.74 Å². The third kappa shape index (κ3) is 4.38. The van der Waals surface area contributed by atoms with Gasteiger partial charge in [0.15, 0.2) is 11.5 Å². The highest BCUT2D eigenvalue weighted by Gasteiger charge is 2.35. The van der Waals surface area contributed by atoms with E-state index in [2.05, 4.69) is 49.3 Å². The summed E-state index contributed by atoms with van der Waals surface area (Å²) < 4.78 is 23.8. The van der Waals surface area contributed by atoms with Gasteiger partial charge in [0.05, 0.1) is 43.8 Å². The van der Waals surface area contributed by atoms with E-state index in [1.807, 2.05) is 17.8 Å². The van der Waals surface area contributed by atoms with Crippen molar-refractivity contribution >= 4 is 29.0 Å². The Hall–Kier alpha value is -3.74. The average molecular weight is 485 g/mol. The number of carbonyl (C=O) groups is 1. The summed E-state index contributed by atoms with van der Waals surface area (Å²) in [7, 11) is 3.66. The number of likely N-dealkylation sites (tertiary alicyclic amines) is 1. The Morgan fingerprint density at radius 3 is 2.86 bits per heavy atom. The van der Waals surface area contributed by atoms with Crippen LogP contribution in [0.1, 0.15) is 18.2 Å². The van der Waals surface area contributed by atoms with Crippen molar-refractivity contribution in [1.82, 2.24) is 39.6 Å². The molecule has 0 spiro atoms. The summed E-state index contributed by atoms with van der Waals surface area (Å²) >= 11 is 0. The molecule has 3 aromatic rings.